The lowest BCUT2D eigenvalue weighted by molar-refractivity contribution is 0.660. The van der Waals surface area contributed by atoms with Gasteiger partial charge in [-0.05, 0) is 12.8 Å². The number of thiol groups is 1. The maximum Gasteiger partial charge on any atom is 0.0237 e. The monoisotopic (exact) mass is 149 g/mol. The summed E-state index contributed by atoms with van der Waals surface area (Å²) in [7, 11) is -2.21. The molecule has 1 aliphatic rings. The highest BCUT2D eigenvalue weighted by Crippen LogP contribution is 2.24. The van der Waals surface area contributed by atoms with Gasteiger partial charge in [0.15, 0.2) is 0 Å². The molecule has 0 bridgehead atoms. The van der Waals surface area contributed by atoms with Gasteiger partial charge in [0.25, 0.3) is 0 Å². The highest BCUT2D eigenvalue weighted by Gasteiger charge is 2.22. The lowest BCUT2D eigenvalue weighted by atomic mass is 10.4. The first-order valence-electron chi connectivity index (χ1n) is 3.46. The molecule has 0 aromatic rings. The molecule has 1 aliphatic carbocycles. The van der Waals surface area contributed by atoms with Crippen molar-refractivity contribution in [3.05, 3.63) is 0 Å². The summed E-state index contributed by atoms with van der Waals surface area (Å²) in [5.41, 5.74) is 0. The Kier molecular flexibility index (Phi) is 1.91. The van der Waals surface area contributed by atoms with Crippen LogP contribution in [-0.2, 0) is 10.1 Å². The summed E-state index contributed by atoms with van der Waals surface area (Å²) < 4.78 is 11.2. The predicted molar refractivity (Wildman–Crippen MR) is 41.9 cm³/mol. The molecule has 2 N–H and O–H groups in total. The molecule has 0 aromatic carbocycles. The summed E-state index contributed by atoms with van der Waals surface area (Å²) in [4.78, 5) is 0. The van der Waals surface area contributed by atoms with Crippen molar-refractivity contribution in [2.45, 2.75) is 30.9 Å². The second-order valence-electron chi connectivity index (χ2n) is 3.00. The van der Waals surface area contributed by atoms with Gasteiger partial charge in [0.05, 0.1) is 0 Å². The van der Waals surface area contributed by atoms with E-state index >= 15 is 0 Å². The second kappa shape index (κ2) is 2.39. The normalized spacial score (nSPS) is 24.7. The van der Waals surface area contributed by atoms with Crippen LogP contribution >= 0.6 is 0 Å². The molecule has 0 aromatic heterocycles. The molecular formula is C6H15NOS. The molecule has 56 valence electrons. The summed E-state index contributed by atoms with van der Waals surface area (Å²) in [5, 5.41) is 5.84. The van der Waals surface area contributed by atoms with E-state index in [1.54, 1.807) is 6.26 Å². The quantitative estimate of drug-likeness (QED) is 0.522. The van der Waals surface area contributed by atoms with Gasteiger partial charge in [0.2, 0.25) is 0 Å². The molecule has 9 heavy (non-hydrogen) atoms. The predicted octanol–water partition coefficient (Wildman–Crippen LogP) is 0.449. The van der Waals surface area contributed by atoms with Gasteiger partial charge < -0.3 is 0 Å². The van der Waals surface area contributed by atoms with Gasteiger partial charge >= 0.3 is 0 Å². The van der Waals surface area contributed by atoms with Crippen LogP contribution in [-0.4, -0.2) is 15.7 Å². The van der Waals surface area contributed by atoms with Crippen LogP contribution in [0.1, 0.15) is 25.7 Å². The smallest absolute Gasteiger partial charge is 0.0237 e. The molecule has 0 heterocycles. The Bertz CT molecular complexity index is 134. The Morgan fingerprint density at radius 3 is 2.11 bits per heavy atom. The van der Waals surface area contributed by atoms with Crippen LogP contribution in [0.25, 0.3) is 0 Å². The van der Waals surface area contributed by atoms with Crippen molar-refractivity contribution in [2.75, 3.05) is 6.26 Å². The third-order valence-corrected chi connectivity index (χ3v) is 4.02. The minimum Gasteiger partial charge on any atom is -0.274 e. The van der Waals surface area contributed by atoms with Crippen molar-refractivity contribution in [2.24, 2.45) is 5.14 Å². The molecule has 1 saturated carbocycles. The first-order chi connectivity index (χ1) is 4.11. The summed E-state index contributed by atoms with van der Waals surface area (Å²) in [6.07, 6.45) is 6.32. The zero-order valence-electron chi connectivity index (χ0n) is 5.84. The SMILES string of the molecule is C[SH](N)(=O)C1CCCC1. The van der Waals surface area contributed by atoms with Crippen LogP contribution in [0.15, 0.2) is 0 Å². The molecule has 3 heteroatoms. The summed E-state index contributed by atoms with van der Waals surface area (Å²) in [6.45, 7) is 0. The summed E-state index contributed by atoms with van der Waals surface area (Å²) >= 11 is 0. The Labute approximate surface area is 57.4 Å². The number of rotatable bonds is 1. The van der Waals surface area contributed by atoms with Crippen LogP contribution in [0, 0.1) is 0 Å². The molecule has 0 saturated heterocycles. The third kappa shape index (κ3) is 1.76. The molecule has 1 fully saturated rings. The average Bonchev–Trinajstić information content (AvgIpc) is 2.08. The highest BCUT2D eigenvalue weighted by molar-refractivity contribution is 8.00. The summed E-state index contributed by atoms with van der Waals surface area (Å²) in [5.74, 6) is 0. The van der Waals surface area contributed by atoms with Crippen molar-refractivity contribution in [3.63, 3.8) is 0 Å². The number of nitrogens with two attached hydrogens (primary N) is 1. The van der Waals surface area contributed by atoms with E-state index in [1.807, 2.05) is 0 Å². The largest absolute Gasteiger partial charge is 0.274 e. The number of hydrogen-bond acceptors (Lipinski definition) is 1. The van der Waals surface area contributed by atoms with Crippen molar-refractivity contribution in [1.82, 2.24) is 0 Å². The second-order valence-corrected chi connectivity index (χ2v) is 5.85. The van der Waals surface area contributed by atoms with Crippen molar-refractivity contribution in [1.29, 1.82) is 0 Å². The van der Waals surface area contributed by atoms with Crippen molar-refractivity contribution >= 4 is 10.1 Å². The molecule has 0 spiro atoms. The zero-order valence-corrected chi connectivity index (χ0v) is 6.73. The molecule has 2 nitrogen and oxygen atoms in total. The van der Waals surface area contributed by atoms with E-state index in [4.69, 9.17) is 5.14 Å². The van der Waals surface area contributed by atoms with Crippen LogP contribution in [0.5, 0.6) is 0 Å². The fourth-order valence-corrected chi connectivity index (χ4v) is 2.81. The van der Waals surface area contributed by atoms with E-state index < -0.39 is 10.1 Å². The topological polar surface area (TPSA) is 43.1 Å². The Morgan fingerprint density at radius 2 is 1.89 bits per heavy atom. The van der Waals surface area contributed by atoms with Gasteiger partial charge in [-0.1, -0.05) is 23.0 Å². The first-order valence-corrected chi connectivity index (χ1v) is 5.76. The van der Waals surface area contributed by atoms with Gasteiger partial charge in [0, 0.05) is 11.5 Å². The minimum absolute atomic E-state index is 0.345. The Balaban J connectivity index is 2.52. The van der Waals surface area contributed by atoms with Crippen LogP contribution in [0.4, 0.5) is 0 Å². The number of hydrogen-bond donors (Lipinski definition) is 2. The first kappa shape index (κ1) is 7.22. The van der Waals surface area contributed by atoms with Gasteiger partial charge in [-0.2, -0.15) is 0 Å². The van der Waals surface area contributed by atoms with E-state index in [2.05, 4.69) is 0 Å². The van der Waals surface area contributed by atoms with E-state index in [0.29, 0.717) is 5.25 Å². The molecule has 0 radical (unpaired) electrons. The van der Waals surface area contributed by atoms with E-state index in [9.17, 15) is 4.21 Å². The van der Waals surface area contributed by atoms with E-state index in [0.717, 1.165) is 12.8 Å². The zero-order chi connectivity index (χ0) is 6.91. The molecule has 0 unspecified atom stereocenters. The fourth-order valence-electron chi connectivity index (χ4n) is 1.42. The van der Waals surface area contributed by atoms with Crippen LogP contribution < -0.4 is 5.14 Å². The van der Waals surface area contributed by atoms with Crippen molar-refractivity contribution in [3.8, 4) is 0 Å². The third-order valence-electron chi connectivity index (χ3n) is 2.05. The minimum atomic E-state index is -2.21. The molecule has 0 atom stereocenters. The molecule has 1 rings (SSSR count). The molecule has 0 aliphatic heterocycles. The van der Waals surface area contributed by atoms with Gasteiger partial charge in [-0.15, -0.1) is 0 Å². The molecule has 0 amide bonds. The van der Waals surface area contributed by atoms with E-state index in [1.165, 1.54) is 12.8 Å². The molecular weight excluding hydrogens is 134 g/mol. The average molecular weight is 149 g/mol. The Morgan fingerprint density at radius 1 is 1.44 bits per heavy atom. The maximum atomic E-state index is 11.2. The van der Waals surface area contributed by atoms with Gasteiger partial charge in [-0.25, -0.2) is 0 Å². The lowest BCUT2D eigenvalue weighted by Gasteiger charge is -2.19. The van der Waals surface area contributed by atoms with Crippen LogP contribution in [0.3, 0.4) is 0 Å². The lowest BCUT2D eigenvalue weighted by Crippen LogP contribution is -2.32. The van der Waals surface area contributed by atoms with Gasteiger partial charge in [0.1, 0.15) is 0 Å². The maximum absolute atomic E-state index is 11.2. The Hall–Kier alpha value is 0.110. The van der Waals surface area contributed by atoms with Gasteiger partial charge in [-0.3, -0.25) is 9.35 Å². The van der Waals surface area contributed by atoms with Crippen molar-refractivity contribution < 1.29 is 4.21 Å². The van der Waals surface area contributed by atoms with E-state index in [-0.39, 0.29) is 0 Å². The summed E-state index contributed by atoms with van der Waals surface area (Å²) in [6, 6.07) is 0. The van der Waals surface area contributed by atoms with Crippen LogP contribution in [0.2, 0.25) is 0 Å². The fraction of sp³-hybridized carbons (Fsp3) is 1.00. The standard InChI is InChI=1S/C6H15NOS/c1-9(7,8)6-4-2-3-5-6/h6,9H,2-5H2,1H3,(H2,7,8). The highest BCUT2D eigenvalue weighted by atomic mass is 32.3.